The van der Waals surface area contributed by atoms with Crippen molar-refractivity contribution in [3.05, 3.63) is 29.3 Å². The lowest BCUT2D eigenvalue weighted by molar-refractivity contribution is 0.0501. The zero-order valence-corrected chi connectivity index (χ0v) is 12.3. The van der Waals surface area contributed by atoms with Crippen LogP contribution in [0.3, 0.4) is 0 Å². The second-order valence-electron chi connectivity index (χ2n) is 6.06. The number of rotatable bonds is 4. The predicted octanol–water partition coefficient (Wildman–Crippen LogP) is 2.60. The van der Waals surface area contributed by atoms with Gasteiger partial charge in [0.2, 0.25) is 0 Å². The highest BCUT2D eigenvalue weighted by Gasteiger charge is 2.25. The lowest BCUT2D eigenvalue weighted by atomic mass is 9.93. The minimum Gasteiger partial charge on any atom is -0.496 e. The maximum atomic E-state index is 10.5. The molecular weight excluding hydrogens is 226 g/mol. The molecular formula is C15H25NO2. The van der Waals surface area contributed by atoms with E-state index in [0.717, 1.165) is 16.9 Å². The lowest BCUT2D eigenvalue weighted by Gasteiger charge is -2.30. The molecule has 3 nitrogen and oxygen atoms in total. The monoisotopic (exact) mass is 251 g/mol. The lowest BCUT2D eigenvalue weighted by Crippen LogP contribution is -2.44. The molecule has 0 aliphatic rings. The number of β-amino-alcohol motifs (C(OH)–C–C–N with tert-alkyl or cyclic N) is 1. The van der Waals surface area contributed by atoms with E-state index in [9.17, 15) is 5.11 Å². The Bertz CT molecular complexity index is 405. The second kappa shape index (κ2) is 5.29. The zero-order valence-electron chi connectivity index (χ0n) is 12.3. The summed E-state index contributed by atoms with van der Waals surface area (Å²) in [6.07, 6.45) is 0. The predicted molar refractivity (Wildman–Crippen MR) is 75.1 cm³/mol. The smallest absolute Gasteiger partial charge is 0.121 e. The first-order chi connectivity index (χ1) is 8.15. The third-order valence-electron chi connectivity index (χ3n) is 2.98. The topological polar surface area (TPSA) is 41.5 Å². The zero-order chi connectivity index (χ0) is 14.0. The molecule has 1 unspecified atom stereocenters. The molecule has 1 aromatic carbocycles. The van der Waals surface area contributed by atoms with Gasteiger partial charge in [-0.15, -0.1) is 0 Å². The van der Waals surface area contributed by atoms with Crippen molar-refractivity contribution >= 4 is 0 Å². The van der Waals surface area contributed by atoms with Crippen LogP contribution < -0.4 is 10.1 Å². The van der Waals surface area contributed by atoms with Gasteiger partial charge in [0.05, 0.1) is 12.7 Å². The van der Waals surface area contributed by atoms with Gasteiger partial charge >= 0.3 is 0 Å². The van der Waals surface area contributed by atoms with Crippen molar-refractivity contribution in [3.63, 3.8) is 0 Å². The Morgan fingerprint density at radius 2 is 1.83 bits per heavy atom. The Morgan fingerprint density at radius 3 is 2.28 bits per heavy atom. The Kier molecular flexibility index (Phi) is 4.41. The molecule has 18 heavy (non-hydrogen) atoms. The van der Waals surface area contributed by atoms with Crippen molar-refractivity contribution in [2.24, 2.45) is 0 Å². The minimum absolute atomic E-state index is 0.00843. The van der Waals surface area contributed by atoms with Gasteiger partial charge in [0, 0.05) is 12.1 Å². The summed E-state index contributed by atoms with van der Waals surface area (Å²) >= 11 is 0. The number of aryl methyl sites for hydroxylation is 1. The van der Waals surface area contributed by atoms with Crippen LogP contribution in [0, 0.1) is 6.92 Å². The fraction of sp³-hybridized carbons (Fsp3) is 0.600. The molecule has 0 bridgehead atoms. The van der Waals surface area contributed by atoms with Gasteiger partial charge in [0.25, 0.3) is 0 Å². The Balaban J connectivity index is 2.88. The van der Waals surface area contributed by atoms with Gasteiger partial charge in [-0.3, -0.25) is 0 Å². The van der Waals surface area contributed by atoms with E-state index >= 15 is 0 Å². The summed E-state index contributed by atoms with van der Waals surface area (Å²) in [6, 6.07) is 5.79. The summed E-state index contributed by atoms with van der Waals surface area (Å²) in [5.74, 6) is 0.846. The van der Waals surface area contributed by atoms with Gasteiger partial charge < -0.3 is 15.2 Å². The Labute approximate surface area is 110 Å². The van der Waals surface area contributed by atoms with Crippen LogP contribution in [0.2, 0.25) is 0 Å². The van der Waals surface area contributed by atoms with Crippen LogP contribution in [0.4, 0.5) is 0 Å². The number of methoxy groups -OCH3 is 1. The van der Waals surface area contributed by atoms with E-state index in [0.29, 0.717) is 6.54 Å². The van der Waals surface area contributed by atoms with E-state index in [1.807, 2.05) is 32.0 Å². The number of aliphatic hydroxyl groups is 1. The summed E-state index contributed by atoms with van der Waals surface area (Å²) < 4.78 is 5.23. The van der Waals surface area contributed by atoms with Crippen molar-refractivity contribution in [3.8, 4) is 5.75 Å². The van der Waals surface area contributed by atoms with Crippen molar-refractivity contribution in [1.29, 1.82) is 0 Å². The van der Waals surface area contributed by atoms with Gasteiger partial charge in [-0.25, -0.2) is 0 Å². The third-order valence-corrected chi connectivity index (χ3v) is 2.98. The summed E-state index contributed by atoms with van der Waals surface area (Å²) in [5.41, 5.74) is 1.04. The molecule has 0 radical (unpaired) electrons. The van der Waals surface area contributed by atoms with Gasteiger partial charge in [-0.1, -0.05) is 6.07 Å². The van der Waals surface area contributed by atoms with E-state index in [-0.39, 0.29) is 5.54 Å². The normalized spacial score (nSPS) is 15.3. The Morgan fingerprint density at radius 1 is 1.22 bits per heavy atom. The van der Waals surface area contributed by atoms with E-state index in [1.165, 1.54) is 0 Å². The molecule has 0 saturated carbocycles. The first kappa shape index (κ1) is 15.0. The summed E-state index contributed by atoms with van der Waals surface area (Å²) in [6.45, 7) is 10.6. The number of ether oxygens (including phenoxy) is 1. The van der Waals surface area contributed by atoms with Crippen LogP contribution in [0.15, 0.2) is 18.2 Å². The fourth-order valence-corrected chi connectivity index (χ4v) is 1.75. The van der Waals surface area contributed by atoms with Crippen LogP contribution in [-0.2, 0) is 5.60 Å². The maximum absolute atomic E-state index is 10.5. The standard InChI is InChI=1S/C15H25NO2/c1-11-9-12(7-8-13(11)18-6)15(5,17)10-16-14(2,3)4/h7-9,16-17H,10H2,1-6H3. The van der Waals surface area contributed by atoms with Crippen molar-refractivity contribution in [2.45, 2.75) is 45.8 Å². The van der Waals surface area contributed by atoms with Crippen molar-refractivity contribution in [2.75, 3.05) is 13.7 Å². The SMILES string of the molecule is COc1ccc(C(C)(O)CNC(C)(C)C)cc1C. The number of hydrogen-bond donors (Lipinski definition) is 2. The summed E-state index contributed by atoms with van der Waals surface area (Å²) in [5, 5.41) is 13.9. The number of benzene rings is 1. The van der Waals surface area contributed by atoms with E-state index in [4.69, 9.17) is 4.74 Å². The molecule has 2 N–H and O–H groups in total. The van der Waals surface area contributed by atoms with Gasteiger partial charge in [0.1, 0.15) is 5.75 Å². The molecule has 3 heteroatoms. The molecule has 0 saturated heterocycles. The van der Waals surface area contributed by atoms with Gasteiger partial charge in [-0.2, -0.15) is 0 Å². The molecule has 1 aromatic rings. The molecule has 0 aliphatic heterocycles. The average Bonchev–Trinajstić information content (AvgIpc) is 2.25. The highest BCUT2D eigenvalue weighted by atomic mass is 16.5. The van der Waals surface area contributed by atoms with Gasteiger partial charge in [0.15, 0.2) is 0 Å². The van der Waals surface area contributed by atoms with E-state index < -0.39 is 5.60 Å². The minimum atomic E-state index is -0.885. The van der Waals surface area contributed by atoms with Crippen LogP contribution in [0.1, 0.15) is 38.8 Å². The van der Waals surface area contributed by atoms with Crippen molar-refractivity contribution in [1.82, 2.24) is 5.32 Å². The average molecular weight is 251 g/mol. The molecule has 0 fully saturated rings. The molecule has 0 aliphatic carbocycles. The highest BCUT2D eigenvalue weighted by Crippen LogP contribution is 2.26. The highest BCUT2D eigenvalue weighted by molar-refractivity contribution is 5.38. The summed E-state index contributed by atoms with van der Waals surface area (Å²) in [7, 11) is 1.65. The molecule has 102 valence electrons. The summed E-state index contributed by atoms with van der Waals surface area (Å²) in [4.78, 5) is 0. The van der Waals surface area contributed by atoms with Crippen LogP contribution in [0.5, 0.6) is 5.75 Å². The number of hydrogen-bond acceptors (Lipinski definition) is 3. The van der Waals surface area contributed by atoms with Crippen LogP contribution in [0.25, 0.3) is 0 Å². The molecule has 0 heterocycles. The van der Waals surface area contributed by atoms with Crippen LogP contribution in [-0.4, -0.2) is 24.3 Å². The second-order valence-corrected chi connectivity index (χ2v) is 6.06. The molecule has 0 amide bonds. The fourth-order valence-electron chi connectivity index (χ4n) is 1.75. The third kappa shape index (κ3) is 4.00. The molecule has 1 rings (SSSR count). The quantitative estimate of drug-likeness (QED) is 0.864. The molecule has 0 spiro atoms. The molecule has 0 aromatic heterocycles. The first-order valence-corrected chi connectivity index (χ1v) is 6.28. The Hall–Kier alpha value is -1.06. The largest absolute Gasteiger partial charge is 0.496 e. The van der Waals surface area contributed by atoms with Crippen LogP contribution >= 0.6 is 0 Å². The van der Waals surface area contributed by atoms with Crippen molar-refractivity contribution < 1.29 is 9.84 Å². The maximum Gasteiger partial charge on any atom is 0.121 e. The first-order valence-electron chi connectivity index (χ1n) is 6.28. The van der Waals surface area contributed by atoms with E-state index in [1.54, 1.807) is 7.11 Å². The number of nitrogens with one attached hydrogen (secondary N) is 1. The molecule has 1 atom stereocenters. The van der Waals surface area contributed by atoms with E-state index in [2.05, 4.69) is 26.1 Å². The van der Waals surface area contributed by atoms with Gasteiger partial charge in [-0.05, 0) is 57.9 Å².